The molecule has 4 rings (SSSR count). The summed E-state index contributed by atoms with van der Waals surface area (Å²) in [5.74, 6) is 1.28. The Morgan fingerprint density at radius 1 is 0.963 bits per heavy atom. The topological polar surface area (TPSA) is 55.1 Å². The molecule has 1 aromatic heterocycles. The van der Waals surface area contributed by atoms with Crippen LogP contribution in [0.4, 0.5) is 0 Å². The number of benzene rings is 2. The summed E-state index contributed by atoms with van der Waals surface area (Å²) in [6.45, 7) is 0.690. The van der Waals surface area contributed by atoms with Gasteiger partial charge in [0, 0.05) is 12.1 Å². The monoisotopic (exact) mass is 360 g/mol. The summed E-state index contributed by atoms with van der Waals surface area (Å²) in [5.41, 5.74) is 2.93. The maximum atomic E-state index is 12.6. The van der Waals surface area contributed by atoms with Crippen LogP contribution >= 0.6 is 0 Å². The Morgan fingerprint density at radius 2 is 1.63 bits per heavy atom. The smallest absolute Gasteiger partial charge is 0.289 e. The van der Waals surface area contributed by atoms with Gasteiger partial charge in [-0.25, -0.2) is 4.98 Å². The molecule has 0 atom stereocenters. The third kappa shape index (κ3) is 4.11. The molecule has 1 aliphatic carbocycles. The van der Waals surface area contributed by atoms with Crippen molar-refractivity contribution in [2.24, 2.45) is 5.92 Å². The van der Waals surface area contributed by atoms with E-state index in [1.165, 1.54) is 24.8 Å². The van der Waals surface area contributed by atoms with Crippen LogP contribution in [0.1, 0.15) is 47.7 Å². The minimum Gasteiger partial charge on any atom is -0.438 e. The third-order valence-electron chi connectivity index (χ3n) is 5.49. The van der Waals surface area contributed by atoms with Crippen LogP contribution < -0.4 is 5.32 Å². The second-order valence-corrected chi connectivity index (χ2v) is 7.23. The third-order valence-corrected chi connectivity index (χ3v) is 5.49. The first-order valence-electron chi connectivity index (χ1n) is 9.63. The molecule has 138 valence electrons. The fourth-order valence-electron chi connectivity index (χ4n) is 3.95. The summed E-state index contributed by atoms with van der Waals surface area (Å²) in [6.07, 6.45) is 5.98. The van der Waals surface area contributed by atoms with Gasteiger partial charge in [0.25, 0.3) is 5.91 Å². The average molecular weight is 360 g/mol. The largest absolute Gasteiger partial charge is 0.438 e. The number of nitrogens with one attached hydrogen (secondary N) is 1. The fourth-order valence-corrected chi connectivity index (χ4v) is 3.95. The van der Waals surface area contributed by atoms with Crippen molar-refractivity contribution in [1.82, 2.24) is 10.3 Å². The van der Waals surface area contributed by atoms with Crippen LogP contribution in [0, 0.1) is 5.92 Å². The molecule has 3 aromatic rings. The molecule has 2 aromatic carbocycles. The predicted octanol–water partition coefficient (Wildman–Crippen LogP) is 5.05. The Kier molecular flexibility index (Phi) is 5.33. The molecule has 0 aliphatic heterocycles. The lowest BCUT2D eigenvalue weighted by Crippen LogP contribution is -2.31. The zero-order chi connectivity index (χ0) is 18.5. The minimum absolute atomic E-state index is 0.184. The average Bonchev–Trinajstić information content (AvgIpc) is 3.24. The maximum absolute atomic E-state index is 12.6. The number of oxazole rings is 1. The standard InChI is InChI=1S/C23H24N2O2/c26-23(22-21(25-16-27-22)20-9-5-2-6-10-20)24-15-17-11-13-19(14-12-17)18-7-3-1-4-8-18/h1-10,16-17,19H,11-15H2,(H,24,26). The first kappa shape index (κ1) is 17.5. The van der Waals surface area contributed by atoms with Gasteiger partial charge in [-0.3, -0.25) is 4.79 Å². The van der Waals surface area contributed by atoms with E-state index < -0.39 is 0 Å². The van der Waals surface area contributed by atoms with Gasteiger partial charge in [-0.05, 0) is 43.1 Å². The molecule has 1 amide bonds. The highest BCUT2D eigenvalue weighted by Crippen LogP contribution is 2.35. The normalized spacial score (nSPS) is 19.6. The Balaban J connectivity index is 1.32. The minimum atomic E-state index is -0.184. The Bertz CT molecular complexity index is 866. The van der Waals surface area contributed by atoms with Crippen LogP contribution in [-0.4, -0.2) is 17.4 Å². The fraction of sp³-hybridized carbons (Fsp3) is 0.304. The van der Waals surface area contributed by atoms with E-state index in [2.05, 4.69) is 40.6 Å². The zero-order valence-corrected chi connectivity index (χ0v) is 15.3. The molecule has 1 heterocycles. The van der Waals surface area contributed by atoms with Gasteiger partial charge in [-0.1, -0.05) is 60.7 Å². The number of carbonyl (C=O) groups is 1. The molecule has 1 N–H and O–H groups in total. The van der Waals surface area contributed by atoms with Gasteiger partial charge in [0.05, 0.1) is 0 Å². The summed E-state index contributed by atoms with van der Waals surface area (Å²) in [5, 5.41) is 3.05. The van der Waals surface area contributed by atoms with Gasteiger partial charge in [-0.15, -0.1) is 0 Å². The number of nitrogens with zero attached hydrogens (tertiary/aromatic N) is 1. The Hall–Kier alpha value is -2.88. The summed E-state index contributed by atoms with van der Waals surface area (Å²) in [4.78, 5) is 16.8. The van der Waals surface area contributed by atoms with Crippen molar-refractivity contribution in [2.75, 3.05) is 6.54 Å². The molecule has 4 heteroatoms. The van der Waals surface area contributed by atoms with E-state index in [1.807, 2.05) is 30.3 Å². The lowest BCUT2D eigenvalue weighted by molar-refractivity contribution is 0.0916. The first-order valence-corrected chi connectivity index (χ1v) is 9.63. The van der Waals surface area contributed by atoms with Crippen molar-refractivity contribution in [1.29, 1.82) is 0 Å². The van der Waals surface area contributed by atoms with Crippen molar-refractivity contribution in [2.45, 2.75) is 31.6 Å². The molecule has 0 spiro atoms. The molecule has 0 radical (unpaired) electrons. The molecule has 1 saturated carbocycles. The zero-order valence-electron chi connectivity index (χ0n) is 15.3. The van der Waals surface area contributed by atoms with E-state index in [-0.39, 0.29) is 5.91 Å². The lowest BCUT2D eigenvalue weighted by Gasteiger charge is -2.28. The van der Waals surface area contributed by atoms with Crippen molar-refractivity contribution in [3.8, 4) is 11.3 Å². The number of rotatable bonds is 5. The predicted molar refractivity (Wildman–Crippen MR) is 105 cm³/mol. The summed E-state index contributed by atoms with van der Waals surface area (Å²) >= 11 is 0. The molecule has 0 unspecified atom stereocenters. The van der Waals surface area contributed by atoms with Crippen LogP contribution in [-0.2, 0) is 0 Å². The van der Waals surface area contributed by atoms with Gasteiger partial charge in [-0.2, -0.15) is 0 Å². The highest BCUT2D eigenvalue weighted by molar-refractivity contribution is 5.97. The number of hydrogen-bond donors (Lipinski definition) is 1. The van der Waals surface area contributed by atoms with Crippen LogP contribution in [0.25, 0.3) is 11.3 Å². The second-order valence-electron chi connectivity index (χ2n) is 7.23. The number of aromatic nitrogens is 1. The van der Waals surface area contributed by atoms with Gasteiger partial charge < -0.3 is 9.73 Å². The summed E-state index contributed by atoms with van der Waals surface area (Å²) < 4.78 is 5.37. The van der Waals surface area contributed by atoms with E-state index in [9.17, 15) is 4.79 Å². The van der Waals surface area contributed by atoms with Crippen LogP contribution in [0.2, 0.25) is 0 Å². The SMILES string of the molecule is O=C(NCC1CCC(c2ccccc2)CC1)c1ocnc1-c1ccccc1. The molecule has 0 bridgehead atoms. The van der Waals surface area contributed by atoms with Gasteiger partial charge in [0.15, 0.2) is 6.39 Å². The quantitative estimate of drug-likeness (QED) is 0.693. The van der Waals surface area contributed by atoms with Crippen LogP contribution in [0.5, 0.6) is 0 Å². The molecule has 4 nitrogen and oxygen atoms in total. The van der Waals surface area contributed by atoms with Crippen molar-refractivity contribution < 1.29 is 9.21 Å². The molecular weight excluding hydrogens is 336 g/mol. The molecule has 0 saturated heterocycles. The van der Waals surface area contributed by atoms with Crippen molar-refractivity contribution in [3.63, 3.8) is 0 Å². The highest BCUT2D eigenvalue weighted by Gasteiger charge is 2.24. The van der Waals surface area contributed by atoms with Crippen molar-refractivity contribution >= 4 is 5.91 Å². The summed E-state index contributed by atoms with van der Waals surface area (Å²) in [7, 11) is 0. The second kappa shape index (κ2) is 8.21. The molecule has 1 fully saturated rings. The maximum Gasteiger partial charge on any atom is 0.289 e. The van der Waals surface area contributed by atoms with Crippen molar-refractivity contribution in [3.05, 3.63) is 78.4 Å². The van der Waals surface area contributed by atoms with E-state index in [0.717, 1.165) is 18.4 Å². The van der Waals surface area contributed by atoms with Gasteiger partial charge >= 0.3 is 0 Å². The van der Waals surface area contributed by atoms with E-state index in [4.69, 9.17) is 4.42 Å². The number of hydrogen-bond acceptors (Lipinski definition) is 3. The highest BCUT2D eigenvalue weighted by atomic mass is 16.3. The van der Waals surface area contributed by atoms with Gasteiger partial charge in [0.1, 0.15) is 5.69 Å². The van der Waals surface area contributed by atoms with E-state index in [0.29, 0.717) is 29.8 Å². The molecule has 1 aliphatic rings. The number of carbonyl (C=O) groups excluding carboxylic acids is 1. The summed E-state index contributed by atoms with van der Waals surface area (Å²) in [6, 6.07) is 20.4. The van der Waals surface area contributed by atoms with Crippen LogP contribution in [0.15, 0.2) is 71.5 Å². The lowest BCUT2D eigenvalue weighted by atomic mass is 9.79. The number of amides is 1. The Labute approximate surface area is 159 Å². The molecule has 27 heavy (non-hydrogen) atoms. The van der Waals surface area contributed by atoms with Crippen LogP contribution in [0.3, 0.4) is 0 Å². The van der Waals surface area contributed by atoms with E-state index in [1.54, 1.807) is 0 Å². The van der Waals surface area contributed by atoms with Gasteiger partial charge in [0.2, 0.25) is 5.76 Å². The first-order chi connectivity index (χ1) is 13.3. The Morgan fingerprint density at radius 3 is 2.33 bits per heavy atom. The van der Waals surface area contributed by atoms with E-state index >= 15 is 0 Å². The molecular formula is C23H24N2O2.